The molecule has 0 fully saturated rings. The molecule has 0 aromatic rings. The van der Waals surface area contributed by atoms with Crippen molar-refractivity contribution in [1.29, 1.82) is 0 Å². The molecule has 2 nitrogen and oxygen atoms in total. The van der Waals surface area contributed by atoms with Crippen molar-refractivity contribution in [2.24, 2.45) is 0 Å². The molecule has 4 heavy (non-hydrogen) atoms. The fourth-order valence-corrected chi connectivity index (χ4v) is 0. The van der Waals surface area contributed by atoms with E-state index in [1.165, 1.54) is 0 Å². The van der Waals surface area contributed by atoms with E-state index in [9.17, 15) is 0 Å². The van der Waals surface area contributed by atoms with Gasteiger partial charge >= 0.3 is 45.6 Å². The van der Waals surface area contributed by atoms with Gasteiger partial charge < -0.3 is 0 Å². The van der Waals surface area contributed by atoms with Gasteiger partial charge in [-0.25, -0.2) is 0 Å². The molecule has 0 unspecified atom stereocenters. The average molecular weight is 202 g/mol. The van der Waals surface area contributed by atoms with E-state index < -0.39 is 3.45 Å². The van der Waals surface area contributed by atoms with Gasteiger partial charge in [-0.1, -0.05) is 0 Å². The second kappa shape index (κ2) is 2.34. The Morgan fingerprint density at radius 3 is 1.50 bits per heavy atom. The van der Waals surface area contributed by atoms with Gasteiger partial charge in [0.2, 0.25) is 0 Å². The van der Waals surface area contributed by atoms with E-state index in [1.54, 1.807) is 0 Å². The molecule has 0 rings (SSSR count). The fourth-order valence-electron chi connectivity index (χ4n) is 0. The summed E-state index contributed by atoms with van der Waals surface area (Å²) in [6.45, 7) is 0. The zero-order chi connectivity index (χ0) is 3.58. The van der Waals surface area contributed by atoms with Crippen LogP contribution < -0.4 is 0 Å². The Hall–Kier alpha value is 1.09. The van der Waals surface area contributed by atoms with Crippen molar-refractivity contribution in [2.45, 2.75) is 0 Å². The van der Waals surface area contributed by atoms with E-state index in [2.05, 4.69) is 0 Å². The van der Waals surface area contributed by atoms with E-state index in [4.69, 9.17) is 9.13 Å². The Labute approximate surface area is 45.3 Å². The molecule has 0 aliphatic carbocycles. The van der Waals surface area contributed by atoms with Crippen molar-refractivity contribution < 1.29 is 42.2 Å². The molecule has 0 aromatic carbocycles. The van der Waals surface area contributed by atoms with Crippen molar-refractivity contribution in [2.75, 3.05) is 0 Å². The van der Waals surface area contributed by atoms with Gasteiger partial charge in [0.15, 0.2) is 0 Å². The van der Waals surface area contributed by atoms with Gasteiger partial charge in [0, 0.05) is 0 Å². The Bertz CT molecular complexity index is 54.4. The summed E-state index contributed by atoms with van der Waals surface area (Å²) < 4.78 is 16.3. The van der Waals surface area contributed by atoms with Gasteiger partial charge in [-0.2, -0.15) is 0 Å². The molecule has 0 atom stereocenters. The van der Waals surface area contributed by atoms with Crippen molar-refractivity contribution in [3.63, 3.8) is 0 Å². The molecule has 0 N–H and O–H groups in total. The van der Waals surface area contributed by atoms with E-state index >= 15 is 0 Å². The Balaban J connectivity index is 3.51. The first-order valence-electron chi connectivity index (χ1n) is 0.623. The first kappa shape index (κ1) is 5.09. The summed E-state index contributed by atoms with van der Waals surface area (Å²) in [7, 11) is 0. The van der Waals surface area contributed by atoms with Gasteiger partial charge in [-0.05, 0) is 0 Å². The van der Waals surface area contributed by atoms with E-state index in [-0.39, 0.29) is 33.0 Å². The molecule has 0 aliphatic rings. The van der Waals surface area contributed by atoms with Crippen LogP contribution in [-0.2, 0) is 9.13 Å². The van der Waals surface area contributed by atoms with Crippen molar-refractivity contribution in [1.82, 2.24) is 0 Å². The molecule has 20 valence electrons. The van der Waals surface area contributed by atoms with Crippen LogP contribution >= 0.6 is 3.45 Å². The average Bonchev–Trinajstić information content (AvgIpc) is 0.811. The number of hydrogen-bond donors (Lipinski definition) is 0. The predicted molar refractivity (Wildman–Crippen MR) is 8.29 cm³/mol. The summed E-state index contributed by atoms with van der Waals surface area (Å²) in [6.07, 6.45) is 0. The van der Waals surface area contributed by atoms with E-state index in [0.717, 1.165) is 0 Å². The van der Waals surface area contributed by atoms with Gasteiger partial charge in [0.25, 0.3) is 0 Å². The van der Waals surface area contributed by atoms with Gasteiger partial charge in [0.05, 0.1) is 0 Å². The van der Waals surface area contributed by atoms with Gasteiger partial charge in [-0.15, -0.1) is 0 Å². The van der Waals surface area contributed by atoms with Crippen molar-refractivity contribution in [3.8, 4) is 0 Å². The third-order valence-corrected chi connectivity index (χ3v) is 0. The Morgan fingerprint density at radius 2 is 1.50 bits per heavy atom. The molecular weight excluding hydrogens is 202 g/mol. The molecule has 4 heteroatoms. The van der Waals surface area contributed by atoms with Crippen LogP contribution in [0.25, 0.3) is 0 Å². The molecule has 0 bridgehead atoms. The van der Waals surface area contributed by atoms with Gasteiger partial charge in [0.1, 0.15) is 0 Å². The summed E-state index contributed by atoms with van der Waals surface area (Å²) >= 11 is 0.139. The van der Waals surface area contributed by atoms with Crippen LogP contribution in [0.15, 0.2) is 0 Å². The maximum absolute atomic E-state index is 9.11. The van der Waals surface area contributed by atoms with E-state index in [0.29, 0.717) is 0 Å². The second-order valence-electron chi connectivity index (χ2n) is 0.285. The normalized spacial score (nSPS) is 5.75. The van der Waals surface area contributed by atoms with Crippen LogP contribution in [0.5, 0.6) is 0 Å². The summed E-state index contributed by atoms with van der Waals surface area (Å²) in [5.74, 6) is 0. The molecule has 0 radical (unpaired) electrons. The summed E-state index contributed by atoms with van der Waals surface area (Å²) in [5, 5.41) is 0. The second-order valence-corrected chi connectivity index (χ2v) is 4.83. The minimum atomic E-state index is -1.95. The molecule has 0 spiro atoms. The molecular formula is LaO2P. The number of hydrogen-bond acceptors (Lipinski definition) is 2. The third-order valence-electron chi connectivity index (χ3n) is 0. The first-order chi connectivity index (χ1) is 1.73. The monoisotopic (exact) mass is 202 g/mol. The van der Waals surface area contributed by atoms with Crippen LogP contribution in [0, 0.1) is 33.0 Å². The van der Waals surface area contributed by atoms with Crippen LogP contribution in [0.1, 0.15) is 0 Å². The number of rotatable bonds is 0. The predicted octanol–water partition coefficient (Wildman–Crippen LogP) is 0.624. The minimum absolute atomic E-state index is 0.139. The molecule has 0 aromatic heterocycles. The summed E-state index contributed by atoms with van der Waals surface area (Å²) in [6, 6.07) is 0. The summed E-state index contributed by atoms with van der Waals surface area (Å²) in [5.41, 5.74) is 0. The maximum atomic E-state index is 9.11. The molecule has 0 saturated carbocycles. The van der Waals surface area contributed by atoms with Crippen LogP contribution in [0.4, 0.5) is 0 Å². The Kier molecular flexibility index (Phi) is 2.98. The third kappa shape index (κ3) is 11.3. The molecule has 0 aliphatic heterocycles. The standard InChI is InChI=1S/La.O2P/c;1-3-2. The molecule has 0 heterocycles. The zero-order valence-corrected chi connectivity index (χ0v) is 6.36. The van der Waals surface area contributed by atoms with Crippen molar-refractivity contribution >= 4 is 3.45 Å². The van der Waals surface area contributed by atoms with Crippen LogP contribution in [0.2, 0.25) is 0 Å². The first-order valence-corrected chi connectivity index (χ1v) is 6.73. The van der Waals surface area contributed by atoms with E-state index in [1.807, 2.05) is 0 Å². The zero-order valence-electron chi connectivity index (χ0n) is 1.84. The quantitative estimate of drug-likeness (QED) is 0.539. The SMILES string of the molecule is O=[P](=O)[La]. The van der Waals surface area contributed by atoms with Crippen LogP contribution in [0.3, 0.4) is 0 Å². The summed E-state index contributed by atoms with van der Waals surface area (Å²) in [4.78, 5) is 0. The molecule has 0 amide bonds. The van der Waals surface area contributed by atoms with Crippen LogP contribution in [-0.4, -0.2) is 0 Å². The fraction of sp³-hybridized carbons (Fsp3) is 0. The Morgan fingerprint density at radius 1 is 1.50 bits per heavy atom. The van der Waals surface area contributed by atoms with Crippen molar-refractivity contribution in [3.05, 3.63) is 0 Å². The molecule has 0 saturated heterocycles. The van der Waals surface area contributed by atoms with Gasteiger partial charge in [-0.3, -0.25) is 0 Å². The topological polar surface area (TPSA) is 34.1 Å².